The first-order valence-electron chi connectivity index (χ1n) is 6.01. The zero-order chi connectivity index (χ0) is 13.8. The molecule has 1 aromatic carbocycles. The van der Waals surface area contributed by atoms with Crippen LogP contribution in [0.25, 0.3) is 5.69 Å². The molecule has 0 unspecified atom stereocenters. The van der Waals surface area contributed by atoms with Crippen LogP contribution in [0.4, 0.5) is 0 Å². The van der Waals surface area contributed by atoms with E-state index in [9.17, 15) is 0 Å². The lowest BCUT2D eigenvalue weighted by Gasteiger charge is -2.08. The minimum absolute atomic E-state index is 0.592. The number of nitrogens with zero attached hydrogens (tertiary/aromatic N) is 4. The molecule has 2 rings (SSSR count). The predicted octanol–water partition coefficient (Wildman–Crippen LogP) is 2.82. The molecule has 7 heteroatoms. The number of halogens is 2. The molecular weight excluding hydrogens is 330 g/mol. The number of tetrazole rings is 1. The molecule has 1 aromatic heterocycles. The van der Waals surface area contributed by atoms with Gasteiger partial charge in [-0.1, -0.05) is 25.4 Å². The summed E-state index contributed by atoms with van der Waals surface area (Å²) in [7, 11) is 0. The molecule has 5 nitrogen and oxygen atoms in total. The zero-order valence-electron chi connectivity index (χ0n) is 10.8. The van der Waals surface area contributed by atoms with Gasteiger partial charge in [0.2, 0.25) is 0 Å². The van der Waals surface area contributed by atoms with Gasteiger partial charge < -0.3 is 5.32 Å². The van der Waals surface area contributed by atoms with Crippen molar-refractivity contribution >= 4 is 27.5 Å². The van der Waals surface area contributed by atoms with E-state index in [1.807, 2.05) is 18.2 Å². The van der Waals surface area contributed by atoms with Crippen molar-refractivity contribution in [2.24, 2.45) is 5.92 Å². The summed E-state index contributed by atoms with van der Waals surface area (Å²) < 4.78 is 2.53. The lowest BCUT2D eigenvalue weighted by molar-refractivity contribution is 0.537. The molecule has 0 fully saturated rings. The number of nitrogens with one attached hydrogen (secondary N) is 1. The van der Waals surface area contributed by atoms with E-state index < -0.39 is 0 Å². The van der Waals surface area contributed by atoms with Crippen molar-refractivity contribution in [2.45, 2.75) is 20.4 Å². The van der Waals surface area contributed by atoms with E-state index in [0.29, 0.717) is 17.5 Å². The molecule has 0 saturated heterocycles. The van der Waals surface area contributed by atoms with E-state index in [1.165, 1.54) is 0 Å². The largest absolute Gasteiger partial charge is 0.310 e. The Morgan fingerprint density at radius 3 is 2.89 bits per heavy atom. The first kappa shape index (κ1) is 14.4. The molecule has 1 N–H and O–H groups in total. The van der Waals surface area contributed by atoms with Crippen molar-refractivity contribution in [3.05, 3.63) is 33.5 Å². The minimum Gasteiger partial charge on any atom is -0.310 e. The highest BCUT2D eigenvalue weighted by molar-refractivity contribution is 9.10. The Bertz CT molecular complexity index is 555. The van der Waals surface area contributed by atoms with E-state index in [-0.39, 0.29) is 0 Å². The second kappa shape index (κ2) is 6.45. The summed E-state index contributed by atoms with van der Waals surface area (Å²) in [6.45, 7) is 5.88. The quantitative estimate of drug-likeness (QED) is 0.906. The molecule has 19 heavy (non-hydrogen) atoms. The lowest BCUT2D eigenvalue weighted by atomic mass is 10.2. The molecule has 0 saturated carbocycles. The third kappa shape index (κ3) is 3.75. The second-order valence-corrected chi connectivity index (χ2v) is 5.89. The molecule has 0 aliphatic carbocycles. The van der Waals surface area contributed by atoms with E-state index in [2.05, 4.69) is 50.6 Å². The zero-order valence-corrected chi connectivity index (χ0v) is 13.1. The van der Waals surface area contributed by atoms with Crippen LogP contribution in [-0.4, -0.2) is 26.8 Å². The van der Waals surface area contributed by atoms with Crippen molar-refractivity contribution in [2.75, 3.05) is 6.54 Å². The Kier molecular flexibility index (Phi) is 4.90. The highest BCUT2D eigenvalue weighted by Gasteiger charge is 2.09. The maximum Gasteiger partial charge on any atom is 0.170 e. The maximum absolute atomic E-state index is 5.98. The van der Waals surface area contributed by atoms with Crippen molar-refractivity contribution in [3.8, 4) is 5.69 Å². The highest BCUT2D eigenvalue weighted by Crippen LogP contribution is 2.24. The summed E-state index contributed by atoms with van der Waals surface area (Å²) in [6.07, 6.45) is 0. The topological polar surface area (TPSA) is 55.6 Å². The Morgan fingerprint density at radius 1 is 1.42 bits per heavy atom. The summed E-state index contributed by atoms with van der Waals surface area (Å²) in [5.74, 6) is 1.36. The summed E-state index contributed by atoms with van der Waals surface area (Å²) in [6, 6.07) is 5.59. The monoisotopic (exact) mass is 343 g/mol. The Hall–Kier alpha value is -0.980. The van der Waals surface area contributed by atoms with Crippen LogP contribution in [0.2, 0.25) is 5.02 Å². The molecule has 0 amide bonds. The maximum atomic E-state index is 5.98. The average Bonchev–Trinajstić information content (AvgIpc) is 2.80. The van der Waals surface area contributed by atoms with Gasteiger partial charge in [-0.15, -0.1) is 5.10 Å². The van der Waals surface area contributed by atoms with Crippen LogP contribution in [-0.2, 0) is 6.54 Å². The van der Waals surface area contributed by atoms with Gasteiger partial charge in [0.15, 0.2) is 5.82 Å². The van der Waals surface area contributed by atoms with E-state index in [1.54, 1.807) is 4.68 Å². The minimum atomic E-state index is 0.592. The Labute approximate surface area is 125 Å². The van der Waals surface area contributed by atoms with E-state index in [0.717, 1.165) is 22.5 Å². The van der Waals surface area contributed by atoms with Gasteiger partial charge in [-0.3, -0.25) is 0 Å². The van der Waals surface area contributed by atoms with Crippen LogP contribution >= 0.6 is 27.5 Å². The third-order valence-electron chi connectivity index (χ3n) is 2.52. The molecule has 0 aliphatic heterocycles. The van der Waals surface area contributed by atoms with E-state index in [4.69, 9.17) is 11.6 Å². The lowest BCUT2D eigenvalue weighted by Crippen LogP contribution is -2.21. The van der Waals surface area contributed by atoms with Crippen LogP contribution < -0.4 is 5.32 Å². The second-order valence-electron chi connectivity index (χ2n) is 4.63. The molecule has 0 radical (unpaired) electrons. The summed E-state index contributed by atoms with van der Waals surface area (Å²) in [5, 5.41) is 15.7. The molecule has 0 aliphatic rings. The first-order chi connectivity index (χ1) is 9.08. The van der Waals surface area contributed by atoms with Crippen LogP contribution in [0.15, 0.2) is 22.7 Å². The SMILES string of the molecule is CC(C)CNCc1nnnn1-c1ccc(Cl)c(Br)c1. The number of rotatable bonds is 5. The van der Waals surface area contributed by atoms with Gasteiger partial charge in [-0.05, 0) is 57.0 Å². The summed E-state index contributed by atoms with van der Waals surface area (Å²) in [4.78, 5) is 0. The van der Waals surface area contributed by atoms with Gasteiger partial charge in [0, 0.05) is 4.47 Å². The molecule has 102 valence electrons. The molecule has 0 atom stereocenters. The van der Waals surface area contributed by atoms with Gasteiger partial charge in [-0.25, -0.2) is 0 Å². The predicted molar refractivity (Wildman–Crippen MR) is 78.4 cm³/mol. The van der Waals surface area contributed by atoms with E-state index >= 15 is 0 Å². The standard InChI is InChI=1S/C12H15BrClN5/c1-8(2)6-15-7-12-16-17-18-19(12)9-3-4-11(14)10(13)5-9/h3-5,8,15H,6-7H2,1-2H3. The molecule has 0 bridgehead atoms. The van der Waals surface area contributed by atoms with Gasteiger partial charge >= 0.3 is 0 Å². The number of benzene rings is 1. The summed E-state index contributed by atoms with van der Waals surface area (Å²) in [5.41, 5.74) is 0.877. The van der Waals surface area contributed by atoms with Crippen LogP contribution in [0, 0.1) is 5.92 Å². The Balaban J connectivity index is 2.16. The number of aromatic nitrogens is 4. The highest BCUT2D eigenvalue weighted by atomic mass is 79.9. The normalized spacial score (nSPS) is 11.2. The van der Waals surface area contributed by atoms with Crippen molar-refractivity contribution in [3.63, 3.8) is 0 Å². The third-order valence-corrected chi connectivity index (χ3v) is 3.73. The average molecular weight is 345 g/mol. The van der Waals surface area contributed by atoms with Gasteiger partial charge in [0.1, 0.15) is 0 Å². The van der Waals surface area contributed by atoms with Gasteiger partial charge in [0.25, 0.3) is 0 Å². The van der Waals surface area contributed by atoms with Crippen molar-refractivity contribution in [1.29, 1.82) is 0 Å². The van der Waals surface area contributed by atoms with Gasteiger partial charge in [0.05, 0.1) is 17.3 Å². The number of hydrogen-bond donors (Lipinski definition) is 1. The van der Waals surface area contributed by atoms with Crippen molar-refractivity contribution in [1.82, 2.24) is 25.5 Å². The smallest absolute Gasteiger partial charge is 0.170 e. The van der Waals surface area contributed by atoms with Gasteiger partial charge in [-0.2, -0.15) is 4.68 Å². The molecule has 2 aromatic rings. The number of hydrogen-bond acceptors (Lipinski definition) is 4. The fourth-order valence-electron chi connectivity index (χ4n) is 1.61. The molecule has 1 heterocycles. The fourth-order valence-corrected chi connectivity index (χ4v) is 2.09. The van der Waals surface area contributed by atoms with Crippen LogP contribution in [0.5, 0.6) is 0 Å². The fraction of sp³-hybridized carbons (Fsp3) is 0.417. The summed E-state index contributed by atoms with van der Waals surface area (Å²) >= 11 is 9.38. The molecule has 0 spiro atoms. The van der Waals surface area contributed by atoms with Crippen LogP contribution in [0.3, 0.4) is 0 Å². The van der Waals surface area contributed by atoms with Crippen LogP contribution in [0.1, 0.15) is 19.7 Å². The molecular formula is C12H15BrClN5. The van der Waals surface area contributed by atoms with Crippen molar-refractivity contribution < 1.29 is 0 Å². The Morgan fingerprint density at radius 2 is 2.21 bits per heavy atom. The first-order valence-corrected chi connectivity index (χ1v) is 7.18.